The minimum absolute atomic E-state index is 0.615. The van der Waals surface area contributed by atoms with Crippen LogP contribution in [-0.2, 0) is 4.57 Å². The van der Waals surface area contributed by atoms with Gasteiger partial charge in [0.25, 0.3) is 0 Å². The van der Waals surface area contributed by atoms with Gasteiger partial charge in [-0.15, -0.1) is 0 Å². The highest BCUT2D eigenvalue weighted by Crippen LogP contribution is 2.57. The standard InChI is InChI=1S/C21H43O3P/c1-5-7-9-11-13-15-17-21(19-20(3)4,25(22,23)24)18-16-14-12-10-8-6-2/h19H,5-18H2,1-4H3,(H2,22,23,24). The molecule has 0 aliphatic carbocycles. The van der Waals surface area contributed by atoms with E-state index in [1.54, 1.807) is 0 Å². The summed E-state index contributed by atoms with van der Waals surface area (Å²) in [5.41, 5.74) is 1.01. The molecule has 0 atom stereocenters. The molecular weight excluding hydrogens is 331 g/mol. The monoisotopic (exact) mass is 374 g/mol. The molecule has 0 aliphatic rings. The Kier molecular flexibility index (Phi) is 13.9. The molecule has 3 nitrogen and oxygen atoms in total. The van der Waals surface area contributed by atoms with Crippen LogP contribution >= 0.6 is 7.60 Å². The molecule has 0 aromatic carbocycles. The van der Waals surface area contributed by atoms with Crippen molar-refractivity contribution in [2.75, 3.05) is 0 Å². The molecule has 0 rings (SSSR count). The maximum absolute atomic E-state index is 12.4. The predicted molar refractivity (Wildman–Crippen MR) is 110 cm³/mol. The first kappa shape index (κ1) is 24.9. The van der Waals surface area contributed by atoms with Crippen molar-refractivity contribution in [1.82, 2.24) is 0 Å². The van der Waals surface area contributed by atoms with E-state index in [1.807, 2.05) is 19.9 Å². The fourth-order valence-corrected chi connectivity index (χ4v) is 4.93. The summed E-state index contributed by atoms with van der Waals surface area (Å²) in [6.45, 7) is 8.31. The molecule has 0 unspecified atom stereocenters. The van der Waals surface area contributed by atoms with E-state index in [4.69, 9.17) is 0 Å². The largest absolute Gasteiger partial charge is 0.335 e. The highest BCUT2D eigenvalue weighted by Gasteiger charge is 2.43. The van der Waals surface area contributed by atoms with Gasteiger partial charge in [0.15, 0.2) is 0 Å². The van der Waals surface area contributed by atoms with Gasteiger partial charge in [0.1, 0.15) is 0 Å². The molecule has 0 heterocycles. The van der Waals surface area contributed by atoms with E-state index in [0.717, 1.165) is 31.3 Å². The third kappa shape index (κ3) is 11.3. The van der Waals surface area contributed by atoms with E-state index < -0.39 is 12.8 Å². The highest BCUT2D eigenvalue weighted by atomic mass is 31.2. The summed E-state index contributed by atoms with van der Waals surface area (Å²) >= 11 is 0. The van der Waals surface area contributed by atoms with Crippen molar-refractivity contribution in [2.24, 2.45) is 0 Å². The fourth-order valence-electron chi connectivity index (χ4n) is 3.60. The number of allylic oxidation sites excluding steroid dienone is 2. The van der Waals surface area contributed by atoms with Crippen molar-refractivity contribution >= 4 is 7.60 Å². The maximum atomic E-state index is 12.4. The lowest BCUT2D eigenvalue weighted by Gasteiger charge is -2.32. The van der Waals surface area contributed by atoms with Gasteiger partial charge in [-0.05, 0) is 26.7 Å². The molecule has 0 fully saturated rings. The second-order valence-corrected chi connectivity index (χ2v) is 9.88. The smallest absolute Gasteiger partial charge is 0.324 e. The Balaban J connectivity index is 4.72. The second kappa shape index (κ2) is 14.0. The number of rotatable bonds is 16. The third-order valence-electron chi connectivity index (χ3n) is 5.06. The summed E-state index contributed by atoms with van der Waals surface area (Å²) in [4.78, 5) is 20.2. The summed E-state index contributed by atoms with van der Waals surface area (Å²) < 4.78 is 12.4. The normalized spacial score (nSPS) is 12.4. The van der Waals surface area contributed by atoms with Crippen LogP contribution in [0.2, 0.25) is 0 Å². The second-order valence-electron chi connectivity index (χ2n) is 7.90. The van der Waals surface area contributed by atoms with Gasteiger partial charge < -0.3 is 9.79 Å². The van der Waals surface area contributed by atoms with Gasteiger partial charge in [0.2, 0.25) is 0 Å². The average molecular weight is 375 g/mol. The van der Waals surface area contributed by atoms with Crippen LogP contribution in [0.15, 0.2) is 11.6 Å². The van der Waals surface area contributed by atoms with Crippen molar-refractivity contribution in [3.63, 3.8) is 0 Å². The Morgan fingerprint density at radius 1 is 0.760 bits per heavy atom. The van der Waals surface area contributed by atoms with E-state index in [0.29, 0.717) is 12.8 Å². The summed E-state index contributed by atoms with van der Waals surface area (Å²) in [5.74, 6) is 0. The highest BCUT2D eigenvalue weighted by molar-refractivity contribution is 7.53. The fraction of sp³-hybridized carbons (Fsp3) is 0.905. The molecule has 0 aliphatic heterocycles. The minimum Gasteiger partial charge on any atom is -0.324 e. The van der Waals surface area contributed by atoms with Crippen LogP contribution in [0.4, 0.5) is 0 Å². The molecule has 0 amide bonds. The average Bonchev–Trinajstić information content (AvgIpc) is 2.52. The Morgan fingerprint density at radius 3 is 1.44 bits per heavy atom. The lowest BCUT2D eigenvalue weighted by molar-refractivity contribution is 0.320. The Labute approximate surface area is 156 Å². The Hall–Kier alpha value is -0.110. The van der Waals surface area contributed by atoms with E-state index >= 15 is 0 Å². The van der Waals surface area contributed by atoms with E-state index in [2.05, 4.69) is 13.8 Å². The Bertz CT molecular complexity index is 378. The van der Waals surface area contributed by atoms with Gasteiger partial charge in [-0.2, -0.15) is 0 Å². The molecule has 0 aromatic heterocycles. The van der Waals surface area contributed by atoms with Crippen molar-refractivity contribution in [3.05, 3.63) is 11.6 Å². The van der Waals surface area contributed by atoms with E-state index in [-0.39, 0.29) is 0 Å². The molecular formula is C21H43O3P. The molecule has 0 saturated carbocycles. The molecule has 4 heteroatoms. The molecule has 0 bridgehead atoms. The zero-order valence-corrected chi connectivity index (χ0v) is 18.1. The molecule has 0 radical (unpaired) electrons. The SMILES string of the molecule is CCCCCCCCC(C=C(C)C)(CCCCCCCC)P(=O)(O)O. The van der Waals surface area contributed by atoms with Crippen LogP contribution in [0.5, 0.6) is 0 Å². The minimum atomic E-state index is -4.16. The summed E-state index contributed by atoms with van der Waals surface area (Å²) in [7, 11) is -4.16. The van der Waals surface area contributed by atoms with Crippen molar-refractivity contribution < 1.29 is 14.4 Å². The van der Waals surface area contributed by atoms with Gasteiger partial charge in [0.05, 0.1) is 5.16 Å². The van der Waals surface area contributed by atoms with Crippen molar-refractivity contribution in [2.45, 2.75) is 123 Å². The first-order chi connectivity index (χ1) is 11.8. The van der Waals surface area contributed by atoms with Gasteiger partial charge in [-0.3, -0.25) is 4.57 Å². The zero-order valence-electron chi connectivity index (χ0n) is 17.2. The third-order valence-corrected chi connectivity index (χ3v) is 6.80. The first-order valence-corrected chi connectivity index (χ1v) is 12.1. The quantitative estimate of drug-likeness (QED) is 0.168. The van der Waals surface area contributed by atoms with Crippen molar-refractivity contribution in [1.29, 1.82) is 0 Å². The predicted octanol–water partition coefficient (Wildman–Crippen LogP) is 7.37. The Morgan fingerprint density at radius 2 is 1.12 bits per heavy atom. The maximum Gasteiger partial charge on any atom is 0.335 e. The first-order valence-electron chi connectivity index (χ1n) is 10.5. The van der Waals surface area contributed by atoms with Gasteiger partial charge in [0, 0.05) is 0 Å². The van der Waals surface area contributed by atoms with Crippen LogP contribution in [-0.4, -0.2) is 14.9 Å². The summed E-state index contributed by atoms with van der Waals surface area (Å²) in [5, 5.41) is -0.943. The molecule has 0 aromatic rings. The zero-order chi connectivity index (χ0) is 19.2. The molecule has 0 spiro atoms. The number of hydrogen-bond donors (Lipinski definition) is 2. The molecule has 25 heavy (non-hydrogen) atoms. The van der Waals surface area contributed by atoms with Gasteiger partial charge in [-0.1, -0.05) is 103 Å². The lowest BCUT2D eigenvalue weighted by Crippen LogP contribution is -2.27. The number of unbranched alkanes of at least 4 members (excludes halogenated alkanes) is 10. The van der Waals surface area contributed by atoms with Gasteiger partial charge >= 0.3 is 7.60 Å². The van der Waals surface area contributed by atoms with E-state index in [1.165, 1.54) is 51.4 Å². The lowest BCUT2D eigenvalue weighted by atomic mass is 9.91. The molecule has 150 valence electrons. The number of hydrogen-bond acceptors (Lipinski definition) is 1. The van der Waals surface area contributed by atoms with Crippen molar-refractivity contribution in [3.8, 4) is 0 Å². The topological polar surface area (TPSA) is 57.5 Å². The summed E-state index contributed by atoms with van der Waals surface area (Å²) in [6, 6.07) is 0. The van der Waals surface area contributed by atoms with Crippen LogP contribution in [0.1, 0.15) is 118 Å². The van der Waals surface area contributed by atoms with Crippen LogP contribution < -0.4 is 0 Å². The summed E-state index contributed by atoms with van der Waals surface area (Å²) in [6.07, 6.45) is 16.9. The van der Waals surface area contributed by atoms with Crippen LogP contribution in [0.3, 0.4) is 0 Å². The molecule has 2 N–H and O–H groups in total. The van der Waals surface area contributed by atoms with Gasteiger partial charge in [-0.25, -0.2) is 0 Å². The van der Waals surface area contributed by atoms with E-state index in [9.17, 15) is 14.4 Å². The van der Waals surface area contributed by atoms with Crippen LogP contribution in [0.25, 0.3) is 0 Å². The van der Waals surface area contributed by atoms with Crippen LogP contribution in [0, 0.1) is 0 Å². The molecule has 0 saturated heterocycles.